The van der Waals surface area contributed by atoms with Crippen molar-refractivity contribution in [2.24, 2.45) is 0 Å². The Morgan fingerprint density at radius 1 is 1.26 bits per heavy atom. The van der Waals surface area contributed by atoms with E-state index in [-0.39, 0.29) is 5.56 Å². The van der Waals surface area contributed by atoms with Crippen LogP contribution in [-0.4, -0.2) is 17.4 Å². The molecular formula is C18H17N3O2. The highest BCUT2D eigenvalue weighted by Gasteiger charge is 2.13. The maximum Gasteiger partial charge on any atom is 0.261 e. The van der Waals surface area contributed by atoms with E-state index >= 15 is 0 Å². The fourth-order valence-corrected chi connectivity index (χ4v) is 2.41. The van der Waals surface area contributed by atoms with E-state index in [4.69, 9.17) is 0 Å². The Morgan fingerprint density at radius 2 is 2.13 bits per heavy atom. The number of aryl methyl sites for hydroxylation is 1. The summed E-state index contributed by atoms with van der Waals surface area (Å²) in [5.41, 5.74) is 3.16. The fraction of sp³-hybridized carbons (Fsp3) is 0.111. The molecule has 0 saturated carbocycles. The van der Waals surface area contributed by atoms with Crippen LogP contribution < -0.4 is 16.2 Å². The zero-order valence-electron chi connectivity index (χ0n) is 12.7. The van der Waals surface area contributed by atoms with Gasteiger partial charge < -0.3 is 15.6 Å². The van der Waals surface area contributed by atoms with Crippen LogP contribution in [0.3, 0.4) is 0 Å². The van der Waals surface area contributed by atoms with Crippen molar-refractivity contribution in [3.8, 4) is 0 Å². The molecule has 0 spiro atoms. The predicted octanol–water partition coefficient (Wildman–Crippen LogP) is 2.44. The van der Waals surface area contributed by atoms with Gasteiger partial charge in [0.15, 0.2) is 0 Å². The molecule has 1 aromatic carbocycles. The van der Waals surface area contributed by atoms with Crippen molar-refractivity contribution in [2.75, 3.05) is 11.9 Å². The first-order valence-electron chi connectivity index (χ1n) is 7.35. The van der Waals surface area contributed by atoms with Crippen molar-refractivity contribution in [3.63, 3.8) is 0 Å². The molecule has 0 bridgehead atoms. The van der Waals surface area contributed by atoms with E-state index in [1.165, 1.54) is 0 Å². The molecule has 0 fully saturated rings. The molecule has 0 unspecified atom stereocenters. The molecule has 23 heavy (non-hydrogen) atoms. The number of aromatic nitrogens is 1. The van der Waals surface area contributed by atoms with Gasteiger partial charge in [-0.25, -0.2) is 0 Å². The van der Waals surface area contributed by atoms with E-state index in [9.17, 15) is 9.59 Å². The molecule has 0 radical (unpaired) electrons. The van der Waals surface area contributed by atoms with Crippen molar-refractivity contribution in [1.29, 1.82) is 0 Å². The van der Waals surface area contributed by atoms with Crippen LogP contribution in [-0.2, 0) is 0 Å². The van der Waals surface area contributed by atoms with E-state index < -0.39 is 11.5 Å². The summed E-state index contributed by atoms with van der Waals surface area (Å²) in [5, 5.41) is 5.82. The normalized spacial score (nSPS) is 13.2. The van der Waals surface area contributed by atoms with E-state index in [0.29, 0.717) is 5.69 Å². The quantitative estimate of drug-likeness (QED) is 0.815. The molecule has 2 aromatic rings. The van der Waals surface area contributed by atoms with Gasteiger partial charge >= 0.3 is 0 Å². The van der Waals surface area contributed by atoms with E-state index in [1.807, 2.05) is 43.5 Å². The molecule has 1 aliphatic rings. The topological polar surface area (TPSA) is 74.0 Å². The minimum absolute atomic E-state index is 0.0943. The van der Waals surface area contributed by atoms with Crippen molar-refractivity contribution in [3.05, 3.63) is 81.9 Å². The first-order chi connectivity index (χ1) is 11.1. The van der Waals surface area contributed by atoms with Crippen LogP contribution in [0, 0.1) is 6.92 Å². The number of aromatic amines is 1. The molecule has 5 heteroatoms. The number of benzene rings is 1. The highest BCUT2D eigenvalue weighted by Crippen LogP contribution is 2.17. The minimum atomic E-state index is -0.419. The number of rotatable bonds is 3. The summed E-state index contributed by atoms with van der Waals surface area (Å²) >= 11 is 0. The van der Waals surface area contributed by atoms with Gasteiger partial charge in [0.2, 0.25) is 0 Å². The number of carbonyl (C=O) groups excluding carboxylic acids is 1. The lowest BCUT2D eigenvalue weighted by atomic mass is 10.0. The second-order valence-electron chi connectivity index (χ2n) is 5.36. The Bertz CT molecular complexity index is 863. The number of dihydropyridines is 1. The van der Waals surface area contributed by atoms with E-state index in [1.54, 1.807) is 18.3 Å². The molecule has 5 nitrogen and oxygen atoms in total. The average Bonchev–Trinajstić information content (AvgIpc) is 2.56. The van der Waals surface area contributed by atoms with Crippen LogP contribution in [0.25, 0.3) is 5.57 Å². The highest BCUT2D eigenvalue weighted by atomic mass is 16.2. The van der Waals surface area contributed by atoms with Gasteiger partial charge in [0, 0.05) is 18.4 Å². The summed E-state index contributed by atoms with van der Waals surface area (Å²) in [6, 6.07) is 9.07. The van der Waals surface area contributed by atoms with Crippen LogP contribution in [0.5, 0.6) is 0 Å². The SMILES string of the molecule is Cc1cccc(NC(=O)c2cc(C3=CCNC=C3)c[nH]c2=O)c1. The molecule has 2 heterocycles. The zero-order chi connectivity index (χ0) is 16.2. The van der Waals surface area contributed by atoms with Crippen LogP contribution in [0.2, 0.25) is 0 Å². The lowest BCUT2D eigenvalue weighted by Gasteiger charge is -2.10. The molecular weight excluding hydrogens is 290 g/mol. The Balaban J connectivity index is 1.89. The van der Waals surface area contributed by atoms with Gasteiger partial charge in [0.25, 0.3) is 11.5 Å². The Morgan fingerprint density at radius 3 is 2.87 bits per heavy atom. The molecule has 3 N–H and O–H groups in total. The van der Waals surface area contributed by atoms with Crippen LogP contribution in [0.1, 0.15) is 21.5 Å². The summed E-state index contributed by atoms with van der Waals surface area (Å²) in [7, 11) is 0. The molecule has 1 aromatic heterocycles. The summed E-state index contributed by atoms with van der Waals surface area (Å²) in [6.07, 6.45) is 7.36. The van der Waals surface area contributed by atoms with Crippen molar-refractivity contribution in [2.45, 2.75) is 6.92 Å². The first kappa shape index (κ1) is 14.8. The smallest absolute Gasteiger partial charge is 0.261 e. The Labute approximate surface area is 133 Å². The standard InChI is InChI=1S/C18H17N3O2/c1-12-3-2-4-15(9-12)21-18(23)16-10-14(11-20-17(16)22)13-5-7-19-8-6-13/h2-7,9-11,19H,8H2,1H3,(H,20,22)(H,21,23). The fourth-order valence-electron chi connectivity index (χ4n) is 2.41. The van der Waals surface area contributed by atoms with Crippen molar-refractivity contribution < 1.29 is 4.79 Å². The molecule has 0 aliphatic carbocycles. The molecule has 116 valence electrons. The van der Waals surface area contributed by atoms with Crippen LogP contribution in [0.4, 0.5) is 5.69 Å². The molecule has 3 rings (SSSR count). The van der Waals surface area contributed by atoms with E-state index in [0.717, 1.165) is 23.2 Å². The summed E-state index contributed by atoms with van der Waals surface area (Å²) < 4.78 is 0. The minimum Gasteiger partial charge on any atom is -0.387 e. The third kappa shape index (κ3) is 3.40. The number of anilines is 1. The van der Waals surface area contributed by atoms with Gasteiger partial charge in [-0.2, -0.15) is 0 Å². The second-order valence-corrected chi connectivity index (χ2v) is 5.36. The number of hydrogen-bond donors (Lipinski definition) is 3. The molecule has 0 atom stereocenters. The summed E-state index contributed by atoms with van der Waals surface area (Å²) in [6.45, 7) is 2.66. The zero-order valence-corrected chi connectivity index (χ0v) is 12.7. The van der Waals surface area contributed by atoms with Gasteiger partial charge in [-0.05, 0) is 54.1 Å². The Hall–Kier alpha value is -3.08. The van der Waals surface area contributed by atoms with Gasteiger partial charge in [0.1, 0.15) is 5.56 Å². The molecule has 1 amide bonds. The third-order valence-corrected chi connectivity index (χ3v) is 3.58. The number of amides is 1. The van der Waals surface area contributed by atoms with Crippen LogP contribution >= 0.6 is 0 Å². The summed E-state index contributed by atoms with van der Waals surface area (Å²) in [5.74, 6) is -0.419. The average molecular weight is 307 g/mol. The number of carbonyl (C=O) groups is 1. The van der Waals surface area contributed by atoms with E-state index in [2.05, 4.69) is 15.6 Å². The van der Waals surface area contributed by atoms with Crippen molar-refractivity contribution >= 4 is 17.2 Å². The molecule has 0 saturated heterocycles. The number of pyridine rings is 1. The van der Waals surface area contributed by atoms with Gasteiger partial charge in [-0.3, -0.25) is 9.59 Å². The lowest BCUT2D eigenvalue weighted by molar-refractivity contribution is 0.102. The number of nitrogens with one attached hydrogen (secondary N) is 3. The van der Waals surface area contributed by atoms with Gasteiger partial charge in [0.05, 0.1) is 0 Å². The second kappa shape index (κ2) is 6.36. The number of allylic oxidation sites excluding steroid dienone is 2. The number of hydrogen-bond acceptors (Lipinski definition) is 3. The Kier molecular flexibility index (Phi) is 4.10. The lowest BCUT2D eigenvalue weighted by Crippen LogP contribution is -2.23. The predicted molar refractivity (Wildman–Crippen MR) is 91.3 cm³/mol. The maximum atomic E-state index is 12.4. The van der Waals surface area contributed by atoms with Crippen molar-refractivity contribution in [1.82, 2.24) is 10.3 Å². The molecule has 1 aliphatic heterocycles. The maximum absolute atomic E-state index is 12.4. The number of H-pyrrole nitrogens is 1. The van der Waals surface area contributed by atoms with Crippen LogP contribution in [0.15, 0.2) is 59.7 Å². The highest BCUT2D eigenvalue weighted by molar-refractivity contribution is 6.04. The summed E-state index contributed by atoms with van der Waals surface area (Å²) in [4.78, 5) is 27.0. The largest absolute Gasteiger partial charge is 0.387 e. The third-order valence-electron chi connectivity index (χ3n) is 3.58. The van der Waals surface area contributed by atoms with Gasteiger partial charge in [-0.15, -0.1) is 0 Å². The monoisotopic (exact) mass is 307 g/mol. The first-order valence-corrected chi connectivity index (χ1v) is 7.35. The van der Waals surface area contributed by atoms with Gasteiger partial charge in [-0.1, -0.05) is 18.2 Å².